The number of hydrogen-bond donors (Lipinski definition) is 1. The SMILES string of the molecule is Cc1cc(C)c(C#N)c(Sc2nc3cc(N)ccc3o2)n1. The molecule has 0 atom stereocenters. The van der Waals surface area contributed by atoms with Crippen molar-refractivity contribution in [3.63, 3.8) is 0 Å². The fourth-order valence-electron chi connectivity index (χ4n) is 2.06. The van der Waals surface area contributed by atoms with Gasteiger partial charge >= 0.3 is 0 Å². The van der Waals surface area contributed by atoms with Gasteiger partial charge in [0.05, 0.1) is 5.56 Å². The van der Waals surface area contributed by atoms with Gasteiger partial charge in [0, 0.05) is 11.4 Å². The van der Waals surface area contributed by atoms with Crippen LogP contribution < -0.4 is 5.73 Å². The highest BCUT2D eigenvalue weighted by Gasteiger charge is 2.14. The van der Waals surface area contributed by atoms with Gasteiger partial charge in [-0.2, -0.15) is 5.26 Å². The number of rotatable bonds is 2. The number of pyridine rings is 1. The zero-order chi connectivity index (χ0) is 15.0. The number of fused-ring (bicyclic) bond motifs is 1. The summed E-state index contributed by atoms with van der Waals surface area (Å²) in [6.07, 6.45) is 0. The molecule has 0 spiro atoms. The molecule has 0 aliphatic heterocycles. The minimum Gasteiger partial charge on any atom is -0.431 e. The molecule has 1 aromatic carbocycles. The third kappa shape index (κ3) is 2.56. The predicted molar refractivity (Wildman–Crippen MR) is 81.0 cm³/mol. The molecule has 0 radical (unpaired) electrons. The van der Waals surface area contributed by atoms with E-state index in [0.29, 0.717) is 32.6 Å². The number of nitriles is 1. The summed E-state index contributed by atoms with van der Waals surface area (Å²) in [5.74, 6) is 0. The first kappa shape index (κ1) is 13.5. The van der Waals surface area contributed by atoms with Crippen molar-refractivity contribution in [2.24, 2.45) is 0 Å². The van der Waals surface area contributed by atoms with Crippen molar-refractivity contribution >= 4 is 28.5 Å². The van der Waals surface area contributed by atoms with E-state index in [1.165, 1.54) is 11.8 Å². The molecule has 0 saturated carbocycles. The Morgan fingerprint density at radius 1 is 1.24 bits per heavy atom. The summed E-state index contributed by atoms with van der Waals surface area (Å²) in [5.41, 5.74) is 10.0. The molecule has 0 saturated heterocycles. The number of anilines is 1. The summed E-state index contributed by atoms with van der Waals surface area (Å²) in [6.45, 7) is 3.79. The van der Waals surface area contributed by atoms with E-state index in [4.69, 9.17) is 10.2 Å². The highest BCUT2D eigenvalue weighted by Crippen LogP contribution is 2.32. The number of aromatic nitrogens is 2. The van der Waals surface area contributed by atoms with Crippen molar-refractivity contribution in [2.45, 2.75) is 24.1 Å². The Bertz CT molecular complexity index is 879. The van der Waals surface area contributed by atoms with Gasteiger partial charge in [0.15, 0.2) is 5.58 Å². The normalized spacial score (nSPS) is 10.7. The van der Waals surface area contributed by atoms with Crippen LogP contribution in [-0.2, 0) is 0 Å². The van der Waals surface area contributed by atoms with Gasteiger partial charge in [-0.25, -0.2) is 9.97 Å². The van der Waals surface area contributed by atoms with Gasteiger partial charge < -0.3 is 10.2 Å². The van der Waals surface area contributed by atoms with Crippen LogP contribution in [0.5, 0.6) is 0 Å². The van der Waals surface area contributed by atoms with Crippen molar-refractivity contribution in [3.05, 3.63) is 41.1 Å². The van der Waals surface area contributed by atoms with Crippen LogP contribution in [0.1, 0.15) is 16.8 Å². The fraction of sp³-hybridized carbons (Fsp3) is 0.133. The average molecular weight is 296 g/mol. The molecule has 6 heteroatoms. The highest BCUT2D eigenvalue weighted by atomic mass is 32.2. The van der Waals surface area contributed by atoms with Gasteiger partial charge in [-0.3, -0.25) is 0 Å². The number of aryl methyl sites for hydroxylation is 2. The van der Waals surface area contributed by atoms with Crippen molar-refractivity contribution < 1.29 is 4.42 Å². The molecule has 2 N–H and O–H groups in total. The van der Waals surface area contributed by atoms with Gasteiger partial charge in [0.1, 0.15) is 16.6 Å². The van der Waals surface area contributed by atoms with E-state index >= 15 is 0 Å². The molecule has 21 heavy (non-hydrogen) atoms. The lowest BCUT2D eigenvalue weighted by atomic mass is 10.1. The van der Waals surface area contributed by atoms with E-state index in [1.807, 2.05) is 19.9 Å². The Balaban J connectivity index is 2.04. The third-order valence-electron chi connectivity index (χ3n) is 3.00. The third-order valence-corrected chi connectivity index (χ3v) is 3.84. The van der Waals surface area contributed by atoms with Gasteiger partial charge in [-0.05, 0) is 55.4 Å². The van der Waals surface area contributed by atoms with E-state index < -0.39 is 0 Å². The Hall–Kier alpha value is -2.52. The molecular formula is C15H12N4OS. The Morgan fingerprint density at radius 3 is 2.81 bits per heavy atom. The Labute approximate surface area is 125 Å². The summed E-state index contributed by atoms with van der Waals surface area (Å²) >= 11 is 1.25. The number of oxazole rings is 1. The quantitative estimate of drug-likeness (QED) is 0.729. The predicted octanol–water partition coefficient (Wildman–Crippen LogP) is 3.44. The average Bonchev–Trinajstić information content (AvgIpc) is 2.79. The minimum atomic E-state index is 0.449. The molecule has 0 aliphatic rings. The lowest BCUT2D eigenvalue weighted by molar-refractivity contribution is 0.489. The topological polar surface area (TPSA) is 88.7 Å². The lowest BCUT2D eigenvalue weighted by Crippen LogP contribution is -1.94. The van der Waals surface area contributed by atoms with E-state index in [1.54, 1.807) is 18.2 Å². The summed E-state index contributed by atoms with van der Waals surface area (Å²) in [7, 11) is 0. The van der Waals surface area contributed by atoms with Crippen molar-refractivity contribution in [3.8, 4) is 6.07 Å². The van der Waals surface area contributed by atoms with E-state index in [-0.39, 0.29) is 0 Å². The second-order valence-electron chi connectivity index (χ2n) is 4.68. The minimum absolute atomic E-state index is 0.449. The van der Waals surface area contributed by atoms with Crippen LogP contribution >= 0.6 is 11.8 Å². The molecular weight excluding hydrogens is 284 g/mol. The van der Waals surface area contributed by atoms with Crippen LogP contribution in [0.15, 0.2) is 38.9 Å². The number of nitrogen functional groups attached to an aromatic ring is 1. The number of nitrogens with zero attached hydrogens (tertiary/aromatic N) is 3. The van der Waals surface area contributed by atoms with Crippen LogP contribution in [0.4, 0.5) is 5.69 Å². The van der Waals surface area contributed by atoms with E-state index in [2.05, 4.69) is 16.0 Å². The molecule has 3 rings (SSSR count). The maximum Gasteiger partial charge on any atom is 0.263 e. The largest absolute Gasteiger partial charge is 0.431 e. The first-order chi connectivity index (χ1) is 10.1. The number of hydrogen-bond acceptors (Lipinski definition) is 6. The Kier molecular flexibility index (Phi) is 3.28. The monoisotopic (exact) mass is 296 g/mol. The van der Waals surface area contributed by atoms with Crippen LogP contribution in [0.2, 0.25) is 0 Å². The van der Waals surface area contributed by atoms with Crippen LogP contribution in [0.25, 0.3) is 11.1 Å². The van der Waals surface area contributed by atoms with Crippen LogP contribution in [0.3, 0.4) is 0 Å². The molecule has 2 aromatic heterocycles. The van der Waals surface area contributed by atoms with Gasteiger partial charge in [-0.1, -0.05) is 0 Å². The number of nitrogens with two attached hydrogens (primary N) is 1. The molecule has 2 heterocycles. The first-order valence-corrected chi connectivity index (χ1v) is 7.11. The maximum absolute atomic E-state index is 9.27. The van der Waals surface area contributed by atoms with Gasteiger partial charge in [0.25, 0.3) is 5.22 Å². The lowest BCUT2D eigenvalue weighted by Gasteiger charge is -2.04. The summed E-state index contributed by atoms with van der Waals surface area (Å²) in [4.78, 5) is 8.77. The van der Waals surface area contributed by atoms with Gasteiger partial charge in [-0.15, -0.1) is 0 Å². The fourth-order valence-corrected chi connectivity index (χ4v) is 3.00. The summed E-state index contributed by atoms with van der Waals surface area (Å²) in [5, 5.41) is 10.3. The molecule has 3 aromatic rings. The molecule has 0 amide bonds. The molecule has 104 valence electrons. The molecule has 0 fully saturated rings. The zero-order valence-corrected chi connectivity index (χ0v) is 12.4. The van der Waals surface area contributed by atoms with Crippen molar-refractivity contribution in [1.29, 1.82) is 5.26 Å². The summed E-state index contributed by atoms with van der Waals surface area (Å²) in [6, 6.07) is 9.36. The maximum atomic E-state index is 9.27. The first-order valence-electron chi connectivity index (χ1n) is 6.29. The van der Waals surface area contributed by atoms with Gasteiger partial charge in [0.2, 0.25) is 0 Å². The second-order valence-corrected chi connectivity index (χ2v) is 5.62. The van der Waals surface area contributed by atoms with Crippen molar-refractivity contribution in [2.75, 3.05) is 5.73 Å². The van der Waals surface area contributed by atoms with Crippen LogP contribution in [0, 0.1) is 25.2 Å². The van der Waals surface area contributed by atoms with Crippen LogP contribution in [-0.4, -0.2) is 9.97 Å². The molecule has 0 bridgehead atoms. The summed E-state index contributed by atoms with van der Waals surface area (Å²) < 4.78 is 5.65. The smallest absolute Gasteiger partial charge is 0.263 e. The molecule has 5 nitrogen and oxygen atoms in total. The van der Waals surface area contributed by atoms with E-state index in [0.717, 1.165) is 11.3 Å². The van der Waals surface area contributed by atoms with E-state index in [9.17, 15) is 5.26 Å². The number of benzene rings is 1. The molecule has 0 aliphatic carbocycles. The zero-order valence-electron chi connectivity index (χ0n) is 11.5. The second kappa shape index (κ2) is 5.11. The van der Waals surface area contributed by atoms with Crippen molar-refractivity contribution in [1.82, 2.24) is 9.97 Å². The Morgan fingerprint density at radius 2 is 2.05 bits per heavy atom. The highest BCUT2D eigenvalue weighted by molar-refractivity contribution is 7.99. The molecule has 0 unspecified atom stereocenters. The standard InChI is InChI=1S/C15H12N4OS/c1-8-5-9(2)18-14(11(8)7-16)21-15-19-12-6-10(17)3-4-13(12)20-15/h3-6H,17H2,1-2H3.